The number of amides is 1. The maximum atomic E-state index is 12.6. The molecule has 2 atom stereocenters. The highest BCUT2D eigenvalue weighted by Crippen LogP contribution is 2.52. The van der Waals surface area contributed by atoms with Gasteiger partial charge in [0, 0.05) is 7.05 Å². The van der Waals surface area contributed by atoms with Crippen LogP contribution < -0.4 is 5.73 Å². The zero-order valence-electron chi connectivity index (χ0n) is 11.2. The first-order valence-electron chi connectivity index (χ1n) is 5.95. The first-order chi connectivity index (χ1) is 9.29. The van der Waals surface area contributed by atoms with Gasteiger partial charge in [-0.05, 0) is 52.2 Å². The van der Waals surface area contributed by atoms with E-state index >= 15 is 0 Å². The van der Waals surface area contributed by atoms with Gasteiger partial charge in [-0.25, -0.2) is 9.89 Å². The maximum absolute atomic E-state index is 12.6. The summed E-state index contributed by atoms with van der Waals surface area (Å²) in [5, 5.41) is 8.79. The molecule has 2 aliphatic rings. The van der Waals surface area contributed by atoms with Crippen LogP contribution in [-0.2, 0) is 9.53 Å². The number of nitrogens with zero attached hydrogens (tertiary/aromatic N) is 4. The Kier molecular flexibility index (Phi) is 4.81. The molecule has 1 fully saturated rings. The normalized spacial score (nSPS) is 35.4. The average molecular weight is 509 g/mol. The highest BCUT2D eigenvalue weighted by Gasteiger charge is 2.68. The molecule has 114 valence electrons. The van der Waals surface area contributed by atoms with E-state index in [2.05, 4.69) is 50.2 Å². The Bertz CT molecular complexity index is 451. The van der Waals surface area contributed by atoms with Gasteiger partial charge in [0.25, 0.3) is 5.91 Å². The van der Waals surface area contributed by atoms with Crippen molar-refractivity contribution in [3.05, 3.63) is 0 Å². The molecule has 0 aromatic carbocycles. The van der Waals surface area contributed by atoms with Gasteiger partial charge in [-0.1, -0.05) is 0 Å². The molecule has 1 amide bonds. The van der Waals surface area contributed by atoms with Crippen LogP contribution in [0, 0.1) is 0 Å². The second-order valence-electron chi connectivity index (χ2n) is 4.68. The molecule has 20 heavy (non-hydrogen) atoms. The van der Waals surface area contributed by atoms with Gasteiger partial charge >= 0.3 is 0 Å². The number of alkyl halides is 2. The van der Waals surface area contributed by atoms with Crippen molar-refractivity contribution in [2.45, 2.75) is 7.22 Å². The number of hydrogen-bond donors (Lipinski definition) is 2. The lowest BCUT2D eigenvalue weighted by Crippen LogP contribution is -2.66. The number of aliphatic hydroxyl groups is 1. The van der Waals surface area contributed by atoms with E-state index in [1.165, 1.54) is 4.90 Å². The fraction of sp³-hybridized carbons (Fsp3) is 0.800. The number of hydrogen-bond acceptors (Lipinski definition) is 7. The molecule has 0 bridgehead atoms. The zero-order valence-corrected chi connectivity index (χ0v) is 15.5. The summed E-state index contributed by atoms with van der Waals surface area (Å²) in [6.45, 7) is 0.995. The van der Waals surface area contributed by atoms with Crippen molar-refractivity contribution in [3.63, 3.8) is 0 Å². The van der Waals surface area contributed by atoms with Gasteiger partial charge in [-0.15, -0.1) is 0 Å². The van der Waals surface area contributed by atoms with Crippen molar-refractivity contribution in [1.29, 1.82) is 0 Å². The van der Waals surface area contributed by atoms with Gasteiger partial charge in [0.1, 0.15) is 6.73 Å². The zero-order chi connectivity index (χ0) is 15.1. The Labute approximate surface area is 144 Å². The summed E-state index contributed by atoms with van der Waals surface area (Å²) >= 11 is 4.28. The SMILES string of the molecule is CN1C(=O)C2(I)N(C)CN(COCCO)C2(I)N=C1N. The van der Waals surface area contributed by atoms with Crippen LogP contribution in [0.4, 0.5) is 0 Å². The lowest BCUT2D eigenvalue weighted by Gasteiger charge is -2.44. The van der Waals surface area contributed by atoms with Gasteiger partial charge < -0.3 is 15.6 Å². The van der Waals surface area contributed by atoms with E-state index in [9.17, 15) is 4.79 Å². The van der Waals surface area contributed by atoms with Crippen LogP contribution >= 0.6 is 45.2 Å². The van der Waals surface area contributed by atoms with E-state index in [1.807, 2.05) is 16.8 Å². The molecule has 0 aromatic rings. The number of rotatable bonds is 4. The van der Waals surface area contributed by atoms with Crippen LogP contribution in [0.15, 0.2) is 4.99 Å². The molecule has 2 heterocycles. The van der Waals surface area contributed by atoms with Crippen LogP contribution in [0.2, 0.25) is 0 Å². The highest BCUT2D eigenvalue weighted by molar-refractivity contribution is 14.1. The third-order valence-electron chi connectivity index (χ3n) is 3.43. The molecule has 0 saturated carbocycles. The van der Waals surface area contributed by atoms with Crippen LogP contribution in [0.1, 0.15) is 0 Å². The first-order valence-corrected chi connectivity index (χ1v) is 8.11. The number of aliphatic imine (C=N–C) groups is 1. The van der Waals surface area contributed by atoms with E-state index in [0.717, 1.165) is 0 Å². The second-order valence-corrected chi connectivity index (χ2v) is 7.75. The number of carbonyl (C=O) groups excluding carboxylic acids is 1. The quantitative estimate of drug-likeness (QED) is 0.223. The van der Waals surface area contributed by atoms with Gasteiger partial charge in [-0.2, -0.15) is 0 Å². The monoisotopic (exact) mass is 509 g/mol. The Hall–Kier alpha value is 0.240. The minimum absolute atomic E-state index is 0.0413. The summed E-state index contributed by atoms with van der Waals surface area (Å²) in [5.41, 5.74) is 5.85. The topological polar surface area (TPSA) is 94.6 Å². The minimum atomic E-state index is -0.842. The molecule has 1 saturated heterocycles. The largest absolute Gasteiger partial charge is 0.394 e. The third kappa shape index (κ3) is 2.24. The standard InChI is InChI=1S/C10H17I2N5O3/c1-15-5-17(6-20-4-3-18)10(12)9(15,11)7(19)16(2)8(13)14-10/h18H,3-6H2,1-2H3,(H2,13,14). The smallest absolute Gasteiger partial charge is 0.264 e. The van der Waals surface area contributed by atoms with Crippen molar-refractivity contribution >= 4 is 57.0 Å². The number of ether oxygens (including phenoxy) is 1. The van der Waals surface area contributed by atoms with E-state index in [1.54, 1.807) is 7.05 Å². The van der Waals surface area contributed by atoms with Crippen molar-refractivity contribution < 1.29 is 14.6 Å². The predicted octanol–water partition coefficient (Wildman–Crippen LogP) is -0.835. The van der Waals surface area contributed by atoms with Crippen molar-refractivity contribution in [2.75, 3.05) is 40.7 Å². The molecule has 0 spiro atoms. The third-order valence-corrected chi connectivity index (χ3v) is 8.20. The van der Waals surface area contributed by atoms with E-state index in [-0.39, 0.29) is 31.8 Å². The summed E-state index contributed by atoms with van der Waals surface area (Å²) in [6.07, 6.45) is 0. The number of likely N-dealkylation sites (N-methyl/N-ethyl adjacent to an activating group) is 2. The fourth-order valence-corrected chi connectivity index (χ4v) is 4.42. The molecule has 2 rings (SSSR count). The molecule has 2 unspecified atom stereocenters. The number of guanidine groups is 1. The molecule has 3 N–H and O–H groups in total. The lowest BCUT2D eigenvalue weighted by molar-refractivity contribution is -0.133. The van der Waals surface area contributed by atoms with E-state index in [4.69, 9.17) is 15.6 Å². The van der Waals surface area contributed by atoms with Crippen LogP contribution in [0.5, 0.6) is 0 Å². The van der Waals surface area contributed by atoms with Gasteiger partial charge in [0.15, 0.2) is 0 Å². The van der Waals surface area contributed by atoms with Crippen LogP contribution in [0.3, 0.4) is 0 Å². The Morgan fingerprint density at radius 2 is 2.15 bits per heavy atom. The predicted molar refractivity (Wildman–Crippen MR) is 90.3 cm³/mol. The minimum Gasteiger partial charge on any atom is -0.394 e. The Morgan fingerprint density at radius 1 is 1.50 bits per heavy atom. The summed E-state index contributed by atoms with van der Waals surface area (Å²) in [7, 11) is 3.49. The van der Waals surface area contributed by atoms with Gasteiger partial charge in [0.2, 0.25) is 13.2 Å². The van der Waals surface area contributed by atoms with Crippen molar-refractivity contribution in [1.82, 2.24) is 14.7 Å². The summed E-state index contributed by atoms with van der Waals surface area (Å²) < 4.78 is 3.71. The molecule has 2 aliphatic heterocycles. The number of halogens is 2. The first kappa shape index (κ1) is 16.6. The van der Waals surface area contributed by atoms with E-state index in [0.29, 0.717) is 6.67 Å². The molecule has 0 radical (unpaired) electrons. The Balaban J connectivity index is 2.36. The molecular weight excluding hydrogens is 492 g/mol. The summed E-state index contributed by atoms with van der Waals surface area (Å²) in [5.74, 6) is 0.0892. The number of aliphatic hydroxyl groups excluding tert-OH is 1. The molecule has 10 heteroatoms. The Morgan fingerprint density at radius 3 is 2.75 bits per heavy atom. The maximum Gasteiger partial charge on any atom is 0.264 e. The number of nitrogens with two attached hydrogens (primary N) is 1. The molecular formula is C10H17I2N5O3. The highest BCUT2D eigenvalue weighted by atomic mass is 127. The molecule has 0 aromatic heterocycles. The van der Waals surface area contributed by atoms with Gasteiger partial charge in [-0.3, -0.25) is 14.6 Å². The summed E-state index contributed by atoms with van der Waals surface area (Å²) in [4.78, 5) is 22.4. The van der Waals surface area contributed by atoms with Gasteiger partial charge in [0.05, 0.1) is 19.9 Å². The average Bonchev–Trinajstić information content (AvgIpc) is 2.59. The van der Waals surface area contributed by atoms with E-state index < -0.39 is 7.22 Å². The van der Waals surface area contributed by atoms with Crippen LogP contribution in [-0.4, -0.2) is 79.6 Å². The summed E-state index contributed by atoms with van der Waals surface area (Å²) in [6, 6.07) is 0. The molecule has 0 aliphatic carbocycles. The number of fused-ring (bicyclic) bond motifs is 1. The second kappa shape index (κ2) is 5.79. The lowest BCUT2D eigenvalue weighted by atomic mass is 10.1. The number of carbonyl (C=O) groups is 1. The molecule has 8 nitrogen and oxygen atoms in total. The fourth-order valence-electron chi connectivity index (χ4n) is 2.26. The van der Waals surface area contributed by atoms with Crippen LogP contribution in [0.25, 0.3) is 0 Å². The van der Waals surface area contributed by atoms with Crippen molar-refractivity contribution in [2.24, 2.45) is 10.7 Å². The van der Waals surface area contributed by atoms with Crippen molar-refractivity contribution in [3.8, 4) is 0 Å².